The van der Waals surface area contributed by atoms with Gasteiger partial charge in [0.1, 0.15) is 5.82 Å². The number of nitrogens with one attached hydrogen (secondary N) is 2. The number of H-pyrrole nitrogens is 1. The van der Waals surface area contributed by atoms with Gasteiger partial charge >= 0.3 is 0 Å². The van der Waals surface area contributed by atoms with E-state index in [4.69, 9.17) is 0 Å². The molecule has 5 heteroatoms. The SMILES string of the molecule is Cc1ccc(NC(=O)Cc2c[nH]c3cc(F)ccc23)c(Br)c1. The van der Waals surface area contributed by atoms with Crippen molar-refractivity contribution in [2.45, 2.75) is 13.3 Å². The number of carbonyl (C=O) groups is 1. The molecular formula is C17H14BrFN2O. The third kappa shape index (κ3) is 3.04. The van der Waals surface area contributed by atoms with Crippen LogP contribution in [0, 0.1) is 12.7 Å². The monoisotopic (exact) mass is 360 g/mol. The summed E-state index contributed by atoms with van der Waals surface area (Å²) in [6, 6.07) is 10.3. The molecule has 0 unspecified atom stereocenters. The van der Waals surface area contributed by atoms with Crippen molar-refractivity contribution >= 4 is 38.4 Å². The molecule has 0 saturated heterocycles. The molecule has 0 bridgehead atoms. The molecule has 0 aliphatic heterocycles. The van der Waals surface area contributed by atoms with Crippen molar-refractivity contribution < 1.29 is 9.18 Å². The van der Waals surface area contributed by atoms with Crippen LogP contribution >= 0.6 is 15.9 Å². The average molecular weight is 361 g/mol. The zero-order valence-corrected chi connectivity index (χ0v) is 13.5. The maximum atomic E-state index is 13.2. The lowest BCUT2D eigenvalue weighted by molar-refractivity contribution is -0.115. The molecule has 0 aliphatic carbocycles. The highest BCUT2D eigenvalue weighted by molar-refractivity contribution is 9.10. The number of benzene rings is 2. The van der Waals surface area contributed by atoms with Crippen LogP contribution in [0.4, 0.5) is 10.1 Å². The predicted octanol–water partition coefficient (Wildman–Crippen LogP) is 4.56. The number of hydrogen-bond acceptors (Lipinski definition) is 1. The summed E-state index contributed by atoms with van der Waals surface area (Å²) in [6.07, 6.45) is 1.97. The fourth-order valence-corrected chi connectivity index (χ4v) is 2.99. The summed E-state index contributed by atoms with van der Waals surface area (Å²) in [5.74, 6) is -0.413. The van der Waals surface area contributed by atoms with Gasteiger partial charge in [-0.05, 0) is 64.3 Å². The summed E-state index contributed by atoms with van der Waals surface area (Å²) in [5.41, 5.74) is 3.39. The van der Waals surface area contributed by atoms with Crippen LogP contribution in [0.2, 0.25) is 0 Å². The Hall–Kier alpha value is -2.14. The van der Waals surface area contributed by atoms with Gasteiger partial charge in [0, 0.05) is 21.6 Å². The van der Waals surface area contributed by atoms with Gasteiger partial charge < -0.3 is 10.3 Å². The third-order valence-corrected chi connectivity index (χ3v) is 4.14. The number of hydrogen-bond donors (Lipinski definition) is 2. The molecule has 3 rings (SSSR count). The first-order chi connectivity index (χ1) is 10.5. The Labute approximate surface area is 135 Å². The second-order valence-electron chi connectivity index (χ2n) is 5.21. The molecule has 112 valence electrons. The summed E-state index contributed by atoms with van der Waals surface area (Å²) in [4.78, 5) is 15.2. The highest BCUT2D eigenvalue weighted by Gasteiger charge is 2.11. The minimum Gasteiger partial charge on any atom is -0.361 e. The average Bonchev–Trinajstić information content (AvgIpc) is 2.84. The van der Waals surface area contributed by atoms with Crippen molar-refractivity contribution in [3.8, 4) is 0 Å². The molecule has 1 heterocycles. The van der Waals surface area contributed by atoms with Gasteiger partial charge in [0.2, 0.25) is 5.91 Å². The first-order valence-electron chi connectivity index (χ1n) is 6.84. The Bertz CT molecular complexity index is 857. The summed E-state index contributed by atoms with van der Waals surface area (Å²) in [7, 11) is 0. The zero-order chi connectivity index (χ0) is 15.7. The van der Waals surface area contributed by atoms with Gasteiger partial charge in [0.05, 0.1) is 12.1 Å². The Morgan fingerprint density at radius 3 is 2.86 bits per heavy atom. The fraction of sp³-hybridized carbons (Fsp3) is 0.118. The molecule has 1 amide bonds. The number of aromatic nitrogens is 1. The van der Waals surface area contributed by atoms with E-state index in [9.17, 15) is 9.18 Å². The quantitative estimate of drug-likeness (QED) is 0.706. The fourth-order valence-electron chi connectivity index (χ4n) is 2.39. The van der Waals surface area contributed by atoms with Gasteiger partial charge in [-0.3, -0.25) is 4.79 Å². The highest BCUT2D eigenvalue weighted by Crippen LogP contribution is 2.24. The van der Waals surface area contributed by atoms with Crippen molar-refractivity contribution in [1.82, 2.24) is 4.98 Å². The minimum absolute atomic E-state index is 0.116. The molecule has 3 aromatic rings. The maximum absolute atomic E-state index is 13.2. The topological polar surface area (TPSA) is 44.9 Å². The van der Waals surface area contributed by atoms with Gasteiger partial charge in [-0.1, -0.05) is 6.07 Å². The van der Waals surface area contributed by atoms with Crippen molar-refractivity contribution in [2.75, 3.05) is 5.32 Å². The van der Waals surface area contributed by atoms with Crippen LogP contribution in [-0.2, 0) is 11.2 Å². The number of aryl methyl sites for hydroxylation is 1. The molecule has 2 aromatic carbocycles. The molecule has 0 aliphatic rings. The number of amides is 1. The van der Waals surface area contributed by atoms with Crippen molar-refractivity contribution in [3.63, 3.8) is 0 Å². The Morgan fingerprint density at radius 1 is 1.27 bits per heavy atom. The first kappa shape index (κ1) is 14.8. The van der Waals surface area contributed by atoms with Crippen LogP contribution in [0.1, 0.15) is 11.1 Å². The Kier molecular flexibility index (Phi) is 3.98. The second-order valence-corrected chi connectivity index (χ2v) is 6.07. The number of rotatable bonds is 3. The highest BCUT2D eigenvalue weighted by atomic mass is 79.9. The summed E-state index contributed by atoms with van der Waals surface area (Å²) in [5, 5.41) is 3.74. The van der Waals surface area contributed by atoms with E-state index in [1.807, 2.05) is 25.1 Å². The third-order valence-electron chi connectivity index (χ3n) is 3.48. The van der Waals surface area contributed by atoms with Gasteiger partial charge in [0.15, 0.2) is 0 Å². The Morgan fingerprint density at radius 2 is 2.09 bits per heavy atom. The summed E-state index contributed by atoms with van der Waals surface area (Å²) >= 11 is 3.44. The molecule has 0 fully saturated rings. The van der Waals surface area contributed by atoms with E-state index in [0.717, 1.165) is 26.7 Å². The van der Waals surface area contributed by atoms with Crippen LogP contribution in [0.15, 0.2) is 47.1 Å². The number of carbonyl (C=O) groups excluding carboxylic acids is 1. The number of fused-ring (bicyclic) bond motifs is 1. The largest absolute Gasteiger partial charge is 0.361 e. The van der Waals surface area contributed by atoms with Crippen molar-refractivity contribution in [2.24, 2.45) is 0 Å². The van der Waals surface area contributed by atoms with Crippen LogP contribution in [0.25, 0.3) is 10.9 Å². The molecular weight excluding hydrogens is 347 g/mol. The van der Waals surface area contributed by atoms with Gasteiger partial charge in [-0.15, -0.1) is 0 Å². The standard InChI is InChI=1S/C17H14BrFN2O/c1-10-2-5-15(14(18)6-10)21-17(22)7-11-9-20-16-8-12(19)3-4-13(11)16/h2-6,8-9,20H,7H2,1H3,(H,21,22). The molecule has 0 saturated carbocycles. The molecule has 1 aromatic heterocycles. The van der Waals surface area contributed by atoms with Gasteiger partial charge in [-0.25, -0.2) is 4.39 Å². The normalized spacial score (nSPS) is 10.9. The first-order valence-corrected chi connectivity index (χ1v) is 7.64. The molecule has 0 radical (unpaired) electrons. The molecule has 0 atom stereocenters. The Balaban J connectivity index is 1.78. The second kappa shape index (κ2) is 5.93. The summed E-state index contributed by atoms with van der Waals surface area (Å²) < 4.78 is 14.0. The van der Waals surface area contributed by atoms with Gasteiger partial charge in [-0.2, -0.15) is 0 Å². The van der Waals surface area contributed by atoms with Crippen molar-refractivity contribution in [1.29, 1.82) is 0 Å². The molecule has 3 nitrogen and oxygen atoms in total. The van der Waals surface area contributed by atoms with E-state index in [0.29, 0.717) is 5.52 Å². The van der Waals surface area contributed by atoms with Crippen LogP contribution < -0.4 is 5.32 Å². The molecule has 0 spiro atoms. The lowest BCUT2D eigenvalue weighted by atomic mass is 10.1. The van der Waals surface area contributed by atoms with Crippen LogP contribution in [0.3, 0.4) is 0 Å². The summed E-state index contributed by atoms with van der Waals surface area (Å²) in [6.45, 7) is 1.99. The lowest BCUT2D eigenvalue weighted by Gasteiger charge is -2.08. The minimum atomic E-state index is -0.297. The number of aromatic amines is 1. The molecule has 2 N–H and O–H groups in total. The van der Waals surface area contributed by atoms with E-state index < -0.39 is 0 Å². The van der Waals surface area contributed by atoms with E-state index in [-0.39, 0.29) is 18.1 Å². The van der Waals surface area contributed by atoms with Gasteiger partial charge in [0.25, 0.3) is 0 Å². The van der Waals surface area contributed by atoms with E-state index in [2.05, 4.69) is 26.2 Å². The predicted molar refractivity (Wildman–Crippen MR) is 89.5 cm³/mol. The smallest absolute Gasteiger partial charge is 0.228 e. The van der Waals surface area contributed by atoms with Crippen molar-refractivity contribution in [3.05, 3.63) is 64.0 Å². The maximum Gasteiger partial charge on any atom is 0.228 e. The number of halogens is 2. The van der Waals surface area contributed by atoms with Crippen LogP contribution in [0.5, 0.6) is 0 Å². The van der Waals surface area contributed by atoms with E-state index in [1.54, 1.807) is 12.3 Å². The van der Waals surface area contributed by atoms with E-state index in [1.165, 1.54) is 12.1 Å². The molecule has 22 heavy (non-hydrogen) atoms. The zero-order valence-electron chi connectivity index (χ0n) is 11.9. The van der Waals surface area contributed by atoms with Crippen LogP contribution in [-0.4, -0.2) is 10.9 Å². The lowest BCUT2D eigenvalue weighted by Crippen LogP contribution is -2.14. The number of anilines is 1. The van der Waals surface area contributed by atoms with E-state index >= 15 is 0 Å².